The van der Waals surface area contributed by atoms with E-state index in [9.17, 15) is 18.0 Å². The molecule has 1 aromatic carbocycles. The van der Waals surface area contributed by atoms with Gasteiger partial charge in [-0.05, 0) is 98.5 Å². The van der Waals surface area contributed by atoms with Crippen LogP contribution in [0, 0.1) is 52.8 Å². The Balaban J connectivity index is 1.39. The van der Waals surface area contributed by atoms with Gasteiger partial charge in [-0.1, -0.05) is 71.7 Å². The zero-order chi connectivity index (χ0) is 30.8. The number of hydrogen-bond acceptors (Lipinski definition) is 5. The van der Waals surface area contributed by atoms with Gasteiger partial charge in [-0.25, -0.2) is 0 Å². The van der Waals surface area contributed by atoms with E-state index >= 15 is 0 Å². The molecule has 0 N–H and O–H groups in total. The summed E-state index contributed by atoms with van der Waals surface area (Å²) >= 11 is 0. The SMILES string of the molecule is Cc1ccc(S(=O)(=O)O[C@H]2CC[C@]3(C)C4=C(C(=O)C[C@H]3[C@@H]2C)[C@]2(C)CC[C@H]([C@H](C)CCC(=O)C(C)C)[C@@]2(C)CC4)cc1. The molecular formula is C36H52O5S. The number of carbonyl (C=O) groups is 2. The number of ketones is 2. The molecule has 232 valence electrons. The Morgan fingerprint density at radius 1 is 1.02 bits per heavy atom. The normalized spacial score (nSPS) is 37.3. The lowest BCUT2D eigenvalue weighted by atomic mass is 9.45. The maximum absolute atomic E-state index is 14.2. The van der Waals surface area contributed by atoms with Gasteiger partial charge >= 0.3 is 0 Å². The van der Waals surface area contributed by atoms with Crippen LogP contribution >= 0.6 is 0 Å². The fourth-order valence-electron chi connectivity index (χ4n) is 9.87. The van der Waals surface area contributed by atoms with Crippen molar-refractivity contribution in [2.75, 3.05) is 0 Å². The van der Waals surface area contributed by atoms with E-state index in [1.54, 1.807) is 24.3 Å². The average Bonchev–Trinajstić information content (AvgIpc) is 3.21. The predicted molar refractivity (Wildman–Crippen MR) is 166 cm³/mol. The van der Waals surface area contributed by atoms with Gasteiger partial charge in [-0.3, -0.25) is 13.8 Å². The van der Waals surface area contributed by atoms with Crippen molar-refractivity contribution in [3.63, 3.8) is 0 Å². The fraction of sp³-hybridized carbons (Fsp3) is 0.722. The molecular weight excluding hydrogens is 544 g/mol. The Hall–Kier alpha value is -1.79. The smallest absolute Gasteiger partial charge is 0.297 e. The molecule has 0 spiro atoms. The molecule has 5 rings (SSSR count). The summed E-state index contributed by atoms with van der Waals surface area (Å²) in [6, 6.07) is 6.81. The molecule has 4 aliphatic rings. The molecule has 0 aliphatic heterocycles. The third-order valence-corrected chi connectivity index (χ3v) is 14.2. The summed E-state index contributed by atoms with van der Waals surface area (Å²) in [5, 5.41) is 0. The minimum Gasteiger partial charge on any atom is -0.299 e. The lowest BCUT2D eigenvalue weighted by molar-refractivity contribution is -0.125. The number of carbonyl (C=O) groups excluding carboxylic acids is 2. The first-order chi connectivity index (χ1) is 19.5. The number of allylic oxidation sites excluding steroid dienone is 2. The number of aryl methyl sites for hydroxylation is 1. The summed E-state index contributed by atoms with van der Waals surface area (Å²) in [6.07, 6.45) is 7.26. The first-order valence-electron chi connectivity index (χ1n) is 16.3. The highest BCUT2D eigenvalue weighted by molar-refractivity contribution is 7.86. The van der Waals surface area contributed by atoms with E-state index in [4.69, 9.17) is 4.18 Å². The van der Waals surface area contributed by atoms with E-state index in [-0.39, 0.29) is 44.7 Å². The molecule has 0 saturated heterocycles. The van der Waals surface area contributed by atoms with Gasteiger partial charge in [0.05, 0.1) is 11.0 Å². The monoisotopic (exact) mass is 596 g/mol. The van der Waals surface area contributed by atoms with Crippen LogP contribution in [0.5, 0.6) is 0 Å². The van der Waals surface area contributed by atoms with Crippen molar-refractivity contribution in [1.29, 1.82) is 0 Å². The van der Waals surface area contributed by atoms with Gasteiger partial charge in [-0.2, -0.15) is 8.42 Å². The molecule has 5 nitrogen and oxygen atoms in total. The van der Waals surface area contributed by atoms with Crippen molar-refractivity contribution >= 4 is 21.7 Å². The minimum atomic E-state index is -3.88. The van der Waals surface area contributed by atoms with Crippen LogP contribution in [0.25, 0.3) is 0 Å². The Morgan fingerprint density at radius 2 is 1.69 bits per heavy atom. The molecule has 0 heterocycles. The Kier molecular flexibility index (Phi) is 8.27. The highest BCUT2D eigenvalue weighted by atomic mass is 32.2. The van der Waals surface area contributed by atoms with Gasteiger partial charge in [0.1, 0.15) is 5.78 Å². The van der Waals surface area contributed by atoms with Crippen LogP contribution < -0.4 is 0 Å². The van der Waals surface area contributed by atoms with Crippen molar-refractivity contribution in [3.05, 3.63) is 41.0 Å². The van der Waals surface area contributed by atoms with Crippen molar-refractivity contribution in [1.82, 2.24) is 0 Å². The molecule has 0 unspecified atom stereocenters. The van der Waals surface area contributed by atoms with Gasteiger partial charge in [-0.15, -0.1) is 0 Å². The number of hydrogen-bond donors (Lipinski definition) is 0. The summed E-state index contributed by atoms with van der Waals surface area (Å²) in [6.45, 7) is 17.5. The molecule has 1 aromatic rings. The first-order valence-corrected chi connectivity index (χ1v) is 17.8. The van der Waals surface area contributed by atoms with E-state index in [2.05, 4.69) is 34.6 Å². The van der Waals surface area contributed by atoms with Crippen LogP contribution in [-0.2, 0) is 23.9 Å². The van der Waals surface area contributed by atoms with Crippen LogP contribution in [-0.4, -0.2) is 26.1 Å². The van der Waals surface area contributed by atoms with Crippen LogP contribution in [0.15, 0.2) is 40.3 Å². The quantitative estimate of drug-likeness (QED) is 0.282. The molecule has 0 radical (unpaired) electrons. The van der Waals surface area contributed by atoms with Crippen molar-refractivity contribution < 1.29 is 22.2 Å². The second-order valence-corrected chi connectivity index (χ2v) is 16.9. The second-order valence-electron chi connectivity index (χ2n) is 15.3. The van der Waals surface area contributed by atoms with Gasteiger partial charge < -0.3 is 0 Å². The van der Waals surface area contributed by atoms with E-state index in [1.807, 2.05) is 20.8 Å². The molecule has 4 aliphatic carbocycles. The van der Waals surface area contributed by atoms with Crippen molar-refractivity contribution in [2.24, 2.45) is 45.8 Å². The topological polar surface area (TPSA) is 77.5 Å². The van der Waals surface area contributed by atoms with Gasteiger partial charge in [0.25, 0.3) is 10.1 Å². The van der Waals surface area contributed by atoms with Gasteiger partial charge in [0.2, 0.25) is 0 Å². The van der Waals surface area contributed by atoms with Crippen molar-refractivity contribution in [2.45, 2.75) is 124 Å². The molecule has 2 fully saturated rings. The Morgan fingerprint density at radius 3 is 2.33 bits per heavy atom. The van der Waals surface area contributed by atoms with Gasteiger partial charge in [0.15, 0.2) is 5.78 Å². The Labute approximate surface area is 254 Å². The Bertz CT molecular complexity index is 1370. The van der Waals surface area contributed by atoms with Crippen molar-refractivity contribution in [3.8, 4) is 0 Å². The minimum absolute atomic E-state index is 0.0407. The number of fused-ring (bicyclic) bond motifs is 4. The fourth-order valence-corrected chi connectivity index (χ4v) is 11.0. The van der Waals surface area contributed by atoms with Crippen LogP contribution in [0.4, 0.5) is 0 Å². The molecule has 0 bridgehead atoms. The number of rotatable bonds is 8. The zero-order valence-corrected chi connectivity index (χ0v) is 27.9. The molecule has 0 amide bonds. The van der Waals surface area contributed by atoms with Crippen LogP contribution in [0.1, 0.15) is 112 Å². The molecule has 0 aromatic heterocycles. The number of benzene rings is 1. The molecule has 42 heavy (non-hydrogen) atoms. The first kappa shape index (κ1) is 31.6. The highest BCUT2D eigenvalue weighted by Crippen LogP contribution is 2.71. The lowest BCUT2D eigenvalue weighted by Gasteiger charge is -2.59. The second kappa shape index (κ2) is 11.0. The summed E-state index contributed by atoms with van der Waals surface area (Å²) < 4.78 is 32.3. The summed E-state index contributed by atoms with van der Waals surface area (Å²) in [7, 11) is -3.88. The molecule has 6 heteroatoms. The van der Waals surface area contributed by atoms with Crippen LogP contribution in [0.2, 0.25) is 0 Å². The maximum atomic E-state index is 14.2. The van der Waals surface area contributed by atoms with E-state index in [0.717, 1.165) is 49.7 Å². The third-order valence-electron chi connectivity index (χ3n) is 12.9. The third kappa shape index (κ3) is 4.97. The van der Waals surface area contributed by atoms with Crippen LogP contribution in [0.3, 0.4) is 0 Å². The van der Waals surface area contributed by atoms with E-state index in [1.165, 1.54) is 5.57 Å². The predicted octanol–water partition coefficient (Wildman–Crippen LogP) is 8.25. The highest BCUT2D eigenvalue weighted by Gasteiger charge is 2.64. The van der Waals surface area contributed by atoms with E-state index in [0.29, 0.717) is 36.9 Å². The standard InChI is InChI=1S/C36H52O5S/c1-22(2)30(37)14-11-24(4)27-15-20-36(8)33-28(16-19-35(27,36)7)34(6)18-17-32(25(5)29(34)21-31(33)38)41-42(39,40)26-12-9-23(3)10-13-26/h9-10,12-13,22,24-25,27,29,32H,11,14-21H2,1-8H3/t24-,25+,27-,29+,32+,34-,35-,36+/m1/s1. The lowest BCUT2D eigenvalue weighted by Crippen LogP contribution is -2.54. The van der Waals surface area contributed by atoms with Gasteiger partial charge in [0, 0.05) is 29.7 Å². The summed E-state index contributed by atoms with van der Waals surface area (Å²) in [5.74, 6) is 1.70. The number of Topliss-reactive ketones (excluding diaryl/α,β-unsaturated/α-hetero) is 2. The summed E-state index contributed by atoms with van der Waals surface area (Å²) in [4.78, 5) is 26.8. The molecule has 2 saturated carbocycles. The van der Waals surface area contributed by atoms with E-state index < -0.39 is 16.2 Å². The average molecular weight is 597 g/mol. The molecule has 8 atom stereocenters. The zero-order valence-electron chi connectivity index (χ0n) is 27.1. The maximum Gasteiger partial charge on any atom is 0.297 e. The largest absolute Gasteiger partial charge is 0.299 e. The summed E-state index contributed by atoms with van der Waals surface area (Å²) in [5.41, 5.74) is 3.24.